The van der Waals surface area contributed by atoms with E-state index < -0.39 is 18.0 Å². The number of rotatable bonds is 7. The summed E-state index contributed by atoms with van der Waals surface area (Å²) in [5.74, 6) is 0.0399. The molecule has 8 nitrogen and oxygen atoms in total. The van der Waals surface area contributed by atoms with Crippen LogP contribution in [0.2, 0.25) is 0 Å². The highest BCUT2D eigenvalue weighted by molar-refractivity contribution is 7.07. The van der Waals surface area contributed by atoms with Gasteiger partial charge >= 0.3 is 11.9 Å². The van der Waals surface area contributed by atoms with Crippen LogP contribution in [-0.4, -0.2) is 30.2 Å². The molecule has 0 unspecified atom stereocenters. The fourth-order valence-electron chi connectivity index (χ4n) is 4.53. The van der Waals surface area contributed by atoms with Gasteiger partial charge < -0.3 is 14.2 Å². The van der Waals surface area contributed by atoms with E-state index in [1.165, 1.54) is 11.3 Å². The van der Waals surface area contributed by atoms with E-state index in [-0.39, 0.29) is 12.2 Å². The van der Waals surface area contributed by atoms with Crippen LogP contribution in [0.15, 0.2) is 93.9 Å². The van der Waals surface area contributed by atoms with Gasteiger partial charge in [0, 0.05) is 0 Å². The summed E-state index contributed by atoms with van der Waals surface area (Å²) in [4.78, 5) is 44.4. The van der Waals surface area contributed by atoms with Gasteiger partial charge in [-0.25, -0.2) is 14.6 Å². The summed E-state index contributed by atoms with van der Waals surface area (Å²) in [5, 5.41) is 0. The number of esters is 2. The number of aryl methyl sites for hydroxylation is 1. The van der Waals surface area contributed by atoms with Crippen molar-refractivity contribution in [3.63, 3.8) is 0 Å². The van der Waals surface area contributed by atoms with Gasteiger partial charge in [0.15, 0.2) is 4.80 Å². The molecule has 208 valence electrons. The Hall–Kier alpha value is -4.76. The molecule has 1 aromatic heterocycles. The zero-order chi connectivity index (χ0) is 29.1. The number of fused-ring (bicyclic) bond motifs is 1. The topological polar surface area (TPSA) is 96.2 Å². The molecular weight excluding hydrogens is 540 g/mol. The molecule has 41 heavy (non-hydrogen) atoms. The average Bonchev–Trinajstić information content (AvgIpc) is 3.27. The van der Waals surface area contributed by atoms with Gasteiger partial charge in [-0.2, -0.15) is 0 Å². The van der Waals surface area contributed by atoms with E-state index in [0.29, 0.717) is 37.7 Å². The van der Waals surface area contributed by atoms with Crippen molar-refractivity contribution in [3.8, 4) is 11.5 Å². The van der Waals surface area contributed by atoms with Gasteiger partial charge in [-0.1, -0.05) is 53.3 Å². The van der Waals surface area contributed by atoms with Crippen molar-refractivity contribution in [1.29, 1.82) is 0 Å². The normalized spacial score (nSPS) is 14.7. The highest BCUT2D eigenvalue weighted by atomic mass is 32.1. The van der Waals surface area contributed by atoms with E-state index in [4.69, 9.17) is 14.2 Å². The van der Waals surface area contributed by atoms with Crippen molar-refractivity contribution >= 4 is 29.4 Å². The van der Waals surface area contributed by atoms with Crippen LogP contribution in [0, 0.1) is 6.92 Å². The fourth-order valence-corrected chi connectivity index (χ4v) is 5.58. The number of aromatic nitrogens is 1. The van der Waals surface area contributed by atoms with Crippen molar-refractivity contribution in [3.05, 3.63) is 126 Å². The first kappa shape index (κ1) is 27.8. The third kappa shape index (κ3) is 5.76. The monoisotopic (exact) mass is 568 g/mol. The lowest BCUT2D eigenvalue weighted by molar-refractivity contribution is -0.139. The molecule has 1 aliphatic rings. The van der Waals surface area contributed by atoms with Crippen LogP contribution < -0.4 is 24.4 Å². The van der Waals surface area contributed by atoms with Crippen LogP contribution in [0.4, 0.5) is 0 Å². The summed E-state index contributed by atoms with van der Waals surface area (Å²) in [6, 6.07) is 20.6. The fraction of sp³-hybridized carbons (Fsp3) is 0.188. The number of thiazole rings is 1. The van der Waals surface area contributed by atoms with Gasteiger partial charge in [0.1, 0.15) is 11.5 Å². The number of nitrogens with zero attached hydrogens (tertiary/aromatic N) is 2. The Morgan fingerprint density at radius 1 is 0.927 bits per heavy atom. The van der Waals surface area contributed by atoms with Crippen LogP contribution in [0.5, 0.6) is 11.5 Å². The summed E-state index contributed by atoms with van der Waals surface area (Å²) >= 11 is 1.25. The lowest BCUT2D eigenvalue weighted by atomic mass is 9.95. The first-order valence-corrected chi connectivity index (χ1v) is 13.8. The van der Waals surface area contributed by atoms with E-state index in [2.05, 4.69) is 4.99 Å². The maximum Gasteiger partial charge on any atom is 0.343 e. The molecule has 1 atom stereocenters. The van der Waals surface area contributed by atoms with Crippen molar-refractivity contribution in [2.75, 3.05) is 13.7 Å². The number of benzene rings is 3. The highest BCUT2D eigenvalue weighted by Crippen LogP contribution is 2.30. The van der Waals surface area contributed by atoms with E-state index in [1.54, 1.807) is 80.1 Å². The maximum atomic E-state index is 13.7. The second kappa shape index (κ2) is 11.8. The van der Waals surface area contributed by atoms with Gasteiger partial charge in [0.25, 0.3) is 5.56 Å². The summed E-state index contributed by atoms with van der Waals surface area (Å²) < 4.78 is 18.0. The van der Waals surface area contributed by atoms with Crippen LogP contribution in [0.1, 0.15) is 46.9 Å². The number of carbonyl (C=O) groups excluding carboxylic acids is 2. The zero-order valence-corrected chi connectivity index (χ0v) is 23.9. The van der Waals surface area contributed by atoms with Gasteiger partial charge in [0.05, 0.1) is 41.1 Å². The zero-order valence-electron chi connectivity index (χ0n) is 23.0. The lowest BCUT2D eigenvalue weighted by Crippen LogP contribution is -2.39. The quantitative estimate of drug-likeness (QED) is 0.243. The minimum atomic E-state index is -0.659. The summed E-state index contributed by atoms with van der Waals surface area (Å²) in [7, 11) is 1.56. The molecule has 1 aliphatic heterocycles. The minimum absolute atomic E-state index is 0.214. The third-order valence-electron chi connectivity index (χ3n) is 6.62. The van der Waals surface area contributed by atoms with Crippen molar-refractivity contribution < 1.29 is 23.8 Å². The van der Waals surface area contributed by atoms with Crippen LogP contribution in [0.25, 0.3) is 6.08 Å². The molecule has 5 rings (SSSR count). The standard InChI is InChI=1S/C32H28N2O6S/c1-5-39-31(37)27-20(3)33-32-34(28(27)22-10-6-19(2)7-11-22)29(35)26(41-32)18-21-8-14-25(15-9-21)40-30(36)23-12-16-24(38-4)17-13-23/h6-18,28H,5H2,1-4H3/b26-18-/t28-/m1/s1. The molecule has 4 aromatic rings. The summed E-state index contributed by atoms with van der Waals surface area (Å²) in [6.07, 6.45) is 1.76. The van der Waals surface area contributed by atoms with E-state index in [1.807, 2.05) is 31.2 Å². The number of carbonyl (C=O) groups is 2. The molecule has 3 aromatic carbocycles. The Kier molecular flexibility index (Phi) is 7.98. The smallest absolute Gasteiger partial charge is 0.343 e. The molecule has 0 spiro atoms. The largest absolute Gasteiger partial charge is 0.497 e. The molecule has 0 bridgehead atoms. The predicted octanol–water partition coefficient (Wildman–Crippen LogP) is 4.33. The number of allylic oxidation sites excluding steroid dienone is 1. The highest BCUT2D eigenvalue weighted by Gasteiger charge is 2.33. The Labute approximate surface area is 240 Å². The summed E-state index contributed by atoms with van der Waals surface area (Å²) in [5.41, 5.74) is 3.61. The van der Waals surface area contributed by atoms with E-state index in [9.17, 15) is 14.4 Å². The van der Waals surface area contributed by atoms with E-state index >= 15 is 0 Å². The van der Waals surface area contributed by atoms with Crippen LogP contribution in [-0.2, 0) is 9.53 Å². The third-order valence-corrected chi connectivity index (χ3v) is 7.61. The van der Waals surface area contributed by atoms with Gasteiger partial charge in [-0.15, -0.1) is 0 Å². The molecule has 0 fully saturated rings. The SMILES string of the molecule is CCOC(=O)C1=C(C)N=c2s/c(=C\c3ccc(OC(=O)c4ccc(OC)cc4)cc3)c(=O)n2[C@@H]1c1ccc(C)cc1. The minimum Gasteiger partial charge on any atom is -0.497 e. The van der Waals surface area contributed by atoms with Crippen molar-refractivity contribution in [1.82, 2.24) is 4.57 Å². The van der Waals surface area contributed by atoms with E-state index in [0.717, 1.165) is 16.7 Å². The molecule has 0 saturated heterocycles. The molecule has 9 heteroatoms. The molecule has 0 radical (unpaired) electrons. The molecule has 0 amide bonds. The van der Waals surface area contributed by atoms with Gasteiger partial charge in [0.2, 0.25) is 0 Å². The molecule has 0 aliphatic carbocycles. The Morgan fingerprint density at radius 3 is 2.22 bits per heavy atom. The first-order valence-electron chi connectivity index (χ1n) is 13.0. The Balaban J connectivity index is 1.47. The van der Waals surface area contributed by atoms with Gasteiger partial charge in [-0.3, -0.25) is 9.36 Å². The average molecular weight is 569 g/mol. The molecule has 2 heterocycles. The number of methoxy groups -OCH3 is 1. The molecule has 0 N–H and O–H groups in total. The number of hydrogen-bond acceptors (Lipinski definition) is 8. The number of hydrogen-bond donors (Lipinski definition) is 0. The first-order chi connectivity index (χ1) is 19.8. The summed E-state index contributed by atoms with van der Waals surface area (Å²) in [6.45, 7) is 5.70. The van der Waals surface area contributed by atoms with Crippen LogP contribution in [0.3, 0.4) is 0 Å². The molecule has 0 saturated carbocycles. The number of ether oxygens (including phenoxy) is 3. The predicted molar refractivity (Wildman–Crippen MR) is 156 cm³/mol. The molecular formula is C32H28N2O6S. The van der Waals surface area contributed by atoms with Crippen LogP contribution >= 0.6 is 11.3 Å². The maximum absolute atomic E-state index is 13.7. The second-order valence-corrected chi connectivity index (χ2v) is 10.4. The second-order valence-electron chi connectivity index (χ2n) is 9.40. The van der Waals surface area contributed by atoms with Crippen molar-refractivity contribution in [2.24, 2.45) is 4.99 Å². The van der Waals surface area contributed by atoms with Gasteiger partial charge in [-0.05, 0) is 74.4 Å². The Bertz CT molecular complexity index is 1820. The Morgan fingerprint density at radius 2 is 1.59 bits per heavy atom. The lowest BCUT2D eigenvalue weighted by Gasteiger charge is -2.24. The van der Waals surface area contributed by atoms with Crippen molar-refractivity contribution in [2.45, 2.75) is 26.8 Å².